The third kappa shape index (κ3) is 5.33. The van der Waals surface area contributed by atoms with Gasteiger partial charge >= 0.3 is 0 Å². The number of ether oxygens (including phenoxy) is 2. The molecule has 0 aliphatic rings. The van der Waals surface area contributed by atoms with Gasteiger partial charge < -0.3 is 20.0 Å². The highest BCUT2D eigenvalue weighted by Gasteiger charge is 2.11. The van der Waals surface area contributed by atoms with Gasteiger partial charge in [-0.05, 0) is 25.5 Å². The van der Waals surface area contributed by atoms with Crippen LogP contribution in [0.15, 0.2) is 23.4 Å². The summed E-state index contributed by atoms with van der Waals surface area (Å²) >= 11 is 0. The third-order valence-corrected chi connectivity index (χ3v) is 2.94. The van der Waals surface area contributed by atoms with Crippen molar-refractivity contribution >= 4 is 11.6 Å². The first-order chi connectivity index (χ1) is 10.1. The number of hydrogen-bond acceptors (Lipinski definition) is 5. The lowest BCUT2D eigenvalue weighted by Gasteiger charge is -2.12. The average molecular weight is 294 g/mol. The quantitative estimate of drug-likeness (QED) is 0.333. The number of amides is 1. The second-order valence-corrected chi connectivity index (χ2v) is 4.54. The third-order valence-electron chi connectivity index (χ3n) is 2.94. The zero-order chi connectivity index (χ0) is 15.7. The van der Waals surface area contributed by atoms with E-state index in [1.54, 1.807) is 32.2 Å². The van der Waals surface area contributed by atoms with Crippen LogP contribution in [-0.2, 0) is 4.79 Å². The Labute approximate surface area is 124 Å². The molecule has 1 amide bonds. The first-order valence-electron chi connectivity index (χ1n) is 6.89. The molecule has 0 aliphatic heterocycles. The monoisotopic (exact) mass is 294 g/mol. The molecule has 0 saturated heterocycles. The maximum absolute atomic E-state index is 11.6. The van der Waals surface area contributed by atoms with E-state index in [0.29, 0.717) is 29.3 Å². The van der Waals surface area contributed by atoms with Gasteiger partial charge in [0.2, 0.25) is 0 Å². The van der Waals surface area contributed by atoms with Crippen LogP contribution >= 0.6 is 0 Å². The van der Waals surface area contributed by atoms with E-state index in [1.807, 2.05) is 0 Å². The fourth-order valence-corrected chi connectivity index (χ4v) is 1.70. The molecule has 2 N–H and O–H groups in total. The molecule has 6 heteroatoms. The summed E-state index contributed by atoms with van der Waals surface area (Å²) in [6.07, 6.45) is 1.96. The maximum Gasteiger partial charge on any atom is 0.257 e. The van der Waals surface area contributed by atoms with Crippen LogP contribution in [0.25, 0.3) is 0 Å². The van der Waals surface area contributed by atoms with Crippen LogP contribution in [0, 0.1) is 0 Å². The van der Waals surface area contributed by atoms with Gasteiger partial charge in [-0.25, -0.2) is 0 Å². The molecule has 1 rings (SSSR count). The van der Waals surface area contributed by atoms with E-state index in [4.69, 9.17) is 14.7 Å². The molecule has 0 fully saturated rings. The normalized spacial score (nSPS) is 11.1. The molecular weight excluding hydrogens is 272 g/mol. The van der Waals surface area contributed by atoms with Crippen LogP contribution in [0.1, 0.15) is 32.3 Å². The van der Waals surface area contributed by atoms with E-state index >= 15 is 0 Å². The Bertz CT molecular complexity index is 500. The molecule has 0 heterocycles. The Morgan fingerprint density at radius 2 is 2.19 bits per heavy atom. The van der Waals surface area contributed by atoms with Gasteiger partial charge in [-0.15, -0.1) is 0 Å². The number of nitrogens with zero attached hydrogens (tertiary/aromatic N) is 1. The Hall–Kier alpha value is -2.24. The highest BCUT2D eigenvalue weighted by Crippen LogP contribution is 2.25. The van der Waals surface area contributed by atoms with Gasteiger partial charge in [-0.3, -0.25) is 4.79 Å². The van der Waals surface area contributed by atoms with Crippen molar-refractivity contribution < 1.29 is 19.5 Å². The molecule has 0 aliphatic carbocycles. The summed E-state index contributed by atoms with van der Waals surface area (Å²) in [6, 6.07) is 5.11. The molecule has 0 radical (unpaired) electrons. The minimum absolute atomic E-state index is 0.0947. The van der Waals surface area contributed by atoms with E-state index in [1.165, 1.54) is 0 Å². The molecule has 1 aromatic carbocycles. The van der Waals surface area contributed by atoms with Gasteiger partial charge in [0.25, 0.3) is 5.91 Å². The highest BCUT2D eigenvalue weighted by molar-refractivity contribution is 6.01. The predicted octanol–water partition coefficient (Wildman–Crippen LogP) is 2.19. The number of benzene rings is 1. The Kier molecular flexibility index (Phi) is 7.08. The van der Waals surface area contributed by atoms with Crippen molar-refractivity contribution in [3.05, 3.63) is 23.8 Å². The standard InChI is InChI=1S/C15H22N2O4/c1-4-5-8-16-15(18)10-21-14-9-12(20-3)6-7-13(14)11(2)17-19/h6-7,9,19H,4-5,8,10H2,1-3H3,(H,16,18)/b17-11+. The molecular formula is C15H22N2O4. The molecule has 1 aromatic rings. The van der Waals surface area contributed by atoms with Gasteiger partial charge in [0.05, 0.1) is 12.8 Å². The zero-order valence-corrected chi connectivity index (χ0v) is 12.7. The largest absolute Gasteiger partial charge is 0.497 e. The van der Waals surface area contributed by atoms with E-state index in [0.717, 1.165) is 12.8 Å². The van der Waals surface area contributed by atoms with Crippen molar-refractivity contribution in [2.75, 3.05) is 20.3 Å². The molecule has 0 aromatic heterocycles. The summed E-state index contributed by atoms with van der Waals surface area (Å²) in [4.78, 5) is 11.6. The minimum Gasteiger partial charge on any atom is -0.497 e. The highest BCUT2D eigenvalue weighted by atomic mass is 16.5. The van der Waals surface area contributed by atoms with Crippen LogP contribution in [-0.4, -0.2) is 37.1 Å². The Balaban J connectivity index is 2.73. The lowest BCUT2D eigenvalue weighted by molar-refractivity contribution is -0.123. The number of unbranched alkanes of at least 4 members (excludes halogenated alkanes) is 1. The van der Waals surface area contributed by atoms with E-state index in [2.05, 4.69) is 17.4 Å². The van der Waals surface area contributed by atoms with Crippen LogP contribution in [0.3, 0.4) is 0 Å². The molecule has 0 spiro atoms. The summed E-state index contributed by atoms with van der Waals surface area (Å²) in [6.45, 7) is 4.25. The Morgan fingerprint density at radius 1 is 1.43 bits per heavy atom. The van der Waals surface area contributed by atoms with E-state index in [9.17, 15) is 4.79 Å². The number of nitrogens with one attached hydrogen (secondary N) is 1. The van der Waals surface area contributed by atoms with Crippen LogP contribution in [0.2, 0.25) is 0 Å². The first-order valence-corrected chi connectivity index (χ1v) is 6.89. The van der Waals surface area contributed by atoms with E-state index < -0.39 is 0 Å². The second kappa shape index (κ2) is 8.84. The summed E-state index contributed by atoms with van der Waals surface area (Å²) in [5.41, 5.74) is 1.01. The van der Waals surface area contributed by atoms with Gasteiger partial charge in [0, 0.05) is 18.2 Å². The number of methoxy groups -OCH3 is 1. The SMILES string of the molecule is CCCCNC(=O)COc1cc(OC)ccc1/C(C)=N/O. The first kappa shape index (κ1) is 16.8. The fourth-order valence-electron chi connectivity index (χ4n) is 1.70. The van der Waals surface area contributed by atoms with Gasteiger partial charge in [-0.2, -0.15) is 0 Å². The lowest BCUT2D eigenvalue weighted by Crippen LogP contribution is -2.29. The number of carbonyl (C=O) groups excluding carboxylic acids is 1. The minimum atomic E-state index is -0.184. The van der Waals surface area contributed by atoms with Crippen molar-refractivity contribution in [1.29, 1.82) is 0 Å². The summed E-state index contributed by atoms with van der Waals surface area (Å²) in [5, 5.41) is 14.8. The topological polar surface area (TPSA) is 80.2 Å². The van der Waals surface area contributed by atoms with E-state index in [-0.39, 0.29) is 12.5 Å². The van der Waals surface area contributed by atoms with Crippen LogP contribution < -0.4 is 14.8 Å². The van der Waals surface area contributed by atoms with Gasteiger partial charge in [0.1, 0.15) is 11.5 Å². The van der Waals surface area contributed by atoms with Crippen molar-refractivity contribution in [1.82, 2.24) is 5.32 Å². The fraction of sp³-hybridized carbons (Fsp3) is 0.467. The molecule has 0 unspecified atom stereocenters. The predicted molar refractivity (Wildman–Crippen MR) is 80.4 cm³/mol. The number of rotatable bonds is 8. The van der Waals surface area contributed by atoms with Crippen molar-refractivity contribution in [3.8, 4) is 11.5 Å². The van der Waals surface area contributed by atoms with Crippen LogP contribution in [0.4, 0.5) is 0 Å². The smallest absolute Gasteiger partial charge is 0.257 e. The lowest BCUT2D eigenvalue weighted by atomic mass is 10.1. The van der Waals surface area contributed by atoms with Crippen LogP contribution in [0.5, 0.6) is 11.5 Å². The van der Waals surface area contributed by atoms with Crippen molar-refractivity contribution in [3.63, 3.8) is 0 Å². The summed E-state index contributed by atoms with van der Waals surface area (Å²) < 4.78 is 10.6. The molecule has 21 heavy (non-hydrogen) atoms. The second-order valence-electron chi connectivity index (χ2n) is 4.54. The molecule has 0 bridgehead atoms. The molecule has 116 valence electrons. The van der Waals surface area contributed by atoms with Gasteiger partial charge in [0.15, 0.2) is 6.61 Å². The molecule has 6 nitrogen and oxygen atoms in total. The molecule has 0 atom stereocenters. The average Bonchev–Trinajstić information content (AvgIpc) is 2.52. The molecule has 0 saturated carbocycles. The number of hydrogen-bond donors (Lipinski definition) is 2. The number of carbonyl (C=O) groups is 1. The van der Waals surface area contributed by atoms with Gasteiger partial charge in [-0.1, -0.05) is 18.5 Å². The van der Waals surface area contributed by atoms with Crippen molar-refractivity contribution in [2.45, 2.75) is 26.7 Å². The maximum atomic E-state index is 11.6. The summed E-state index contributed by atoms with van der Waals surface area (Å²) in [7, 11) is 1.54. The Morgan fingerprint density at radius 3 is 2.81 bits per heavy atom. The number of oxime groups is 1. The summed E-state index contributed by atoms with van der Waals surface area (Å²) in [5.74, 6) is 0.858. The van der Waals surface area contributed by atoms with Crippen molar-refractivity contribution in [2.24, 2.45) is 5.16 Å². The zero-order valence-electron chi connectivity index (χ0n) is 12.7.